The molecule has 1 atom stereocenters. The van der Waals surface area contributed by atoms with Gasteiger partial charge in [0.1, 0.15) is 17.2 Å². The van der Waals surface area contributed by atoms with E-state index >= 15 is 0 Å². The summed E-state index contributed by atoms with van der Waals surface area (Å²) in [6.45, 7) is 2.06. The van der Waals surface area contributed by atoms with E-state index in [0.29, 0.717) is 17.8 Å². The third-order valence-corrected chi connectivity index (χ3v) is 5.37. The molecule has 0 radical (unpaired) electrons. The summed E-state index contributed by atoms with van der Waals surface area (Å²) in [6, 6.07) is 22.8. The summed E-state index contributed by atoms with van der Waals surface area (Å²) in [5.41, 5.74) is 2.87. The van der Waals surface area contributed by atoms with Crippen molar-refractivity contribution in [2.24, 2.45) is 0 Å². The van der Waals surface area contributed by atoms with Gasteiger partial charge in [0.15, 0.2) is 0 Å². The topological polar surface area (TPSA) is 99.2 Å². The molecule has 0 spiro atoms. The van der Waals surface area contributed by atoms with E-state index < -0.39 is 6.04 Å². The van der Waals surface area contributed by atoms with Crippen LogP contribution in [-0.4, -0.2) is 34.1 Å². The Hall–Kier alpha value is -4.30. The van der Waals surface area contributed by atoms with Crippen LogP contribution in [0.1, 0.15) is 28.9 Å². The highest BCUT2D eigenvalue weighted by Crippen LogP contribution is 2.28. The van der Waals surface area contributed by atoms with Gasteiger partial charge in [-0.1, -0.05) is 60.7 Å². The number of rotatable bonds is 9. The van der Waals surface area contributed by atoms with Crippen LogP contribution < -0.4 is 16.0 Å². The maximum absolute atomic E-state index is 14.5. The Morgan fingerprint density at radius 1 is 1.03 bits per heavy atom. The predicted octanol–water partition coefficient (Wildman–Crippen LogP) is 4.92. The van der Waals surface area contributed by atoms with Gasteiger partial charge < -0.3 is 21.1 Å². The van der Waals surface area contributed by atoms with Crippen molar-refractivity contribution in [2.75, 3.05) is 23.8 Å². The molecule has 7 nitrogen and oxygen atoms in total. The van der Waals surface area contributed by atoms with Crippen molar-refractivity contribution in [3.05, 3.63) is 102 Å². The van der Waals surface area contributed by atoms with Crippen LogP contribution in [-0.2, 0) is 0 Å². The van der Waals surface area contributed by atoms with E-state index in [1.54, 1.807) is 12.1 Å². The fourth-order valence-electron chi connectivity index (χ4n) is 3.63. The molecule has 4 N–H and O–H groups in total. The highest BCUT2D eigenvalue weighted by molar-refractivity contribution is 5.98. The number of aliphatic hydroxyl groups is 1. The first-order valence-electron chi connectivity index (χ1n) is 11.3. The average molecular weight is 472 g/mol. The summed E-state index contributed by atoms with van der Waals surface area (Å²) in [5.74, 6) is -0.192. The zero-order valence-corrected chi connectivity index (χ0v) is 19.2. The Balaban J connectivity index is 1.66. The number of aromatic nitrogens is 2. The van der Waals surface area contributed by atoms with Crippen LogP contribution in [0.25, 0.3) is 11.1 Å². The monoisotopic (exact) mass is 471 g/mol. The Morgan fingerprint density at radius 3 is 2.43 bits per heavy atom. The van der Waals surface area contributed by atoms with Crippen molar-refractivity contribution in [1.82, 2.24) is 15.3 Å². The van der Waals surface area contributed by atoms with Crippen LogP contribution in [0.4, 0.5) is 21.8 Å². The largest absolute Gasteiger partial charge is 0.394 e. The van der Waals surface area contributed by atoms with Crippen molar-refractivity contribution in [3.8, 4) is 11.1 Å². The molecule has 0 saturated carbocycles. The molecule has 4 rings (SSSR count). The lowest BCUT2D eigenvalue weighted by Gasteiger charge is -2.20. The number of carbonyl (C=O) groups is 1. The third-order valence-electron chi connectivity index (χ3n) is 5.37. The summed E-state index contributed by atoms with van der Waals surface area (Å²) in [6.07, 6.45) is 1.42. The Labute approximate surface area is 203 Å². The van der Waals surface area contributed by atoms with Gasteiger partial charge in [-0.05, 0) is 36.2 Å². The summed E-state index contributed by atoms with van der Waals surface area (Å²) < 4.78 is 14.5. The minimum absolute atomic E-state index is 0.204. The second-order valence-corrected chi connectivity index (χ2v) is 7.79. The third kappa shape index (κ3) is 5.80. The predicted molar refractivity (Wildman–Crippen MR) is 135 cm³/mol. The maximum atomic E-state index is 14.5. The van der Waals surface area contributed by atoms with Crippen LogP contribution in [0.15, 0.2) is 85.1 Å². The van der Waals surface area contributed by atoms with Gasteiger partial charge in [-0.2, -0.15) is 4.98 Å². The standard InChI is InChI=1S/C27H26FN5O2/c1-2-29-26(35)22-16-30-27(33-25(22)32-24(17-34)19-11-7-4-8-12-19)31-20-13-14-23(28)21(15-20)18-9-5-3-6-10-18/h3-16,24,34H,2,17H2,1H3,(H,29,35)(H2,30,31,32,33)/t24-/m1/s1. The molecule has 178 valence electrons. The van der Waals surface area contributed by atoms with Gasteiger partial charge in [0, 0.05) is 24.0 Å². The lowest BCUT2D eigenvalue weighted by atomic mass is 10.0. The molecule has 0 fully saturated rings. The van der Waals surface area contributed by atoms with E-state index in [9.17, 15) is 14.3 Å². The molecule has 0 saturated heterocycles. The number of halogens is 1. The minimum Gasteiger partial charge on any atom is -0.394 e. The quantitative estimate of drug-likeness (QED) is 0.277. The number of benzene rings is 3. The first-order valence-corrected chi connectivity index (χ1v) is 11.3. The summed E-state index contributed by atoms with van der Waals surface area (Å²) in [7, 11) is 0. The highest BCUT2D eigenvalue weighted by atomic mass is 19.1. The summed E-state index contributed by atoms with van der Waals surface area (Å²) in [4.78, 5) is 21.4. The van der Waals surface area contributed by atoms with Crippen molar-refractivity contribution >= 4 is 23.4 Å². The van der Waals surface area contributed by atoms with Gasteiger partial charge in [0.2, 0.25) is 5.95 Å². The van der Waals surface area contributed by atoms with E-state index in [4.69, 9.17) is 0 Å². The van der Waals surface area contributed by atoms with Gasteiger partial charge >= 0.3 is 0 Å². The molecule has 0 aliphatic rings. The number of hydrogen-bond donors (Lipinski definition) is 4. The molecule has 8 heteroatoms. The number of hydrogen-bond acceptors (Lipinski definition) is 6. The maximum Gasteiger partial charge on any atom is 0.256 e. The van der Waals surface area contributed by atoms with Crippen molar-refractivity contribution in [2.45, 2.75) is 13.0 Å². The second kappa shape index (κ2) is 11.2. The van der Waals surface area contributed by atoms with E-state index in [-0.39, 0.29) is 35.7 Å². The van der Waals surface area contributed by atoms with Gasteiger partial charge in [-0.3, -0.25) is 4.79 Å². The summed E-state index contributed by atoms with van der Waals surface area (Å²) in [5, 5.41) is 19.0. The van der Waals surface area contributed by atoms with Gasteiger partial charge in [-0.25, -0.2) is 9.37 Å². The molecule has 3 aromatic carbocycles. The second-order valence-electron chi connectivity index (χ2n) is 7.79. The molecule has 1 heterocycles. The lowest BCUT2D eigenvalue weighted by molar-refractivity contribution is 0.0956. The van der Waals surface area contributed by atoms with Crippen molar-refractivity contribution < 1.29 is 14.3 Å². The van der Waals surface area contributed by atoms with Crippen LogP contribution in [0.5, 0.6) is 0 Å². The number of nitrogens with zero attached hydrogens (tertiary/aromatic N) is 2. The minimum atomic E-state index is -0.484. The van der Waals surface area contributed by atoms with Crippen molar-refractivity contribution in [1.29, 1.82) is 0 Å². The van der Waals surface area contributed by atoms with Gasteiger partial charge in [0.05, 0.1) is 12.6 Å². The zero-order valence-electron chi connectivity index (χ0n) is 19.2. The fraction of sp³-hybridized carbons (Fsp3) is 0.148. The molecule has 0 bridgehead atoms. The summed E-state index contributed by atoms with van der Waals surface area (Å²) >= 11 is 0. The van der Waals surface area contributed by atoms with E-state index in [2.05, 4.69) is 25.9 Å². The highest BCUT2D eigenvalue weighted by Gasteiger charge is 2.19. The first-order chi connectivity index (χ1) is 17.1. The number of carbonyl (C=O) groups excluding carboxylic acids is 1. The Morgan fingerprint density at radius 2 is 1.74 bits per heavy atom. The number of anilines is 3. The van der Waals surface area contributed by atoms with Crippen LogP contribution >= 0.6 is 0 Å². The number of aliphatic hydroxyl groups excluding tert-OH is 1. The molecule has 1 amide bonds. The lowest BCUT2D eigenvalue weighted by Crippen LogP contribution is -2.26. The normalized spacial score (nSPS) is 11.5. The van der Waals surface area contributed by atoms with Crippen LogP contribution in [0.3, 0.4) is 0 Å². The Kier molecular flexibility index (Phi) is 7.64. The van der Waals surface area contributed by atoms with E-state index in [1.165, 1.54) is 12.3 Å². The SMILES string of the molecule is CCNC(=O)c1cnc(Nc2ccc(F)c(-c3ccccc3)c2)nc1N[C@H](CO)c1ccccc1. The van der Waals surface area contributed by atoms with Crippen LogP contribution in [0.2, 0.25) is 0 Å². The van der Waals surface area contributed by atoms with Gasteiger partial charge in [-0.15, -0.1) is 0 Å². The molecule has 1 aromatic heterocycles. The molecule has 0 aliphatic heterocycles. The number of amides is 1. The van der Waals surface area contributed by atoms with Crippen molar-refractivity contribution in [3.63, 3.8) is 0 Å². The average Bonchev–Trinajstić information content (AvgIpc) is 2.89. The van der Waals surface area contributed by atoms with E-state index in [0.717, 1.165) is 11.1 Å². The smallest absolute Gasteiger partial charge is 0.256 e. The molecule has 0 unspecified atom stereocenters. The van der Waals surface area contributed by atoms with Crippen LogP contribution in [0, 0.1) is 5.82 Å². The number of nitrogens with one attached hydrogen (secondary N) is 3. The molecular formula is C27H26FN5O2. The fourth-order valence-corrected chi connectivity index (χ4v) is 3.63. The first kappa shape index (κ1) is 23.8. The molecular weight excluding hydrogens is 445 g/mol. The van der Waals surface area contributed by atoms with Gasteiger partial charge in [0.25, 0.3) is 5.91 Å². The zero-order chi connectivity index (χ0) is 24.6. The molecule has 4 aromatic rings. The Bertz CT molecular complexity index is 1290. The van der Waals surface area contributed by atoms with E-state index in [1.807, 2.05) is 67.6 Å². The molecule has 35 heavy (non-hydrogen) atoms. The molecule has 0 aliphatic carbocycles.